The highest BCUT2D eigenvalue weighted by atomic mass is 16.6. The van der Waals surface area contributed by atoms with Crippen molar-refractivity contribution in [2.45, 2.75) is 70.2 Å². The number of aliphatic hydroxyl groups excluding tert-OH is 3. The molecule has 0 aliphatic carbocycles. The molecule has 0 saturated carbocycles. The molecule has 21 heavy (non-hydrogen) atoms. The second-order valence-electron chi connectivity index (χ2n) is 6.62. The van der Waals surface area contributed by atoms with Crippen molar-refractivity contribution in [1.29, 1.82) is 0 Å². The van der Waals surface area contributed by atoms with Gasteiger partial charge in [0.1, 0.15) is 12.2 Å². The van der Waals surface area contributed by atoms with Gasteiger partial charge in [0.2, 0.25) is 0 Å². The fourth-order valence-electron chi connectivity index (χ4n) is 3.07. The first kappa shape index (κ1) is 16.9. The zero-order valence-corrected chi connectivity index (χ0v) is 13.1. The van der Waals surface area contributed by atoms with Crippen molar-refractivity contribution in [3.8, 4) is 0 Å². The van der Waals surface area contributed by atoms with E-state index in [1.54, 1.807) is 0 Å². The maximum absolute atomic E-state index is 10.4. The van der Waals surface area contributed by atoms with Crippen LogP contribution in [0.3, 0.4) is 0 Å². The Morgan fingerprint density at radius 2 is 1.95 bits per heavy atom. The van der Waals surface area contributed by atoms with Crippen molar-refractivity contribution in [2.24, 2.45) is 11.8 Å². The van der Waals surface area contributed by atoms with Crippen molar-refractivity contribution in [3.05, 3.63) is 12.2 Å². The van der Waals surface area contributed by atoms with Gasteiger partial charge in [-0.1, -0.05) is 25.8 Å². The van der Waals surface area contributed by atoms with Crippen LogP contribution in [0, 0.1) is 11.8 Å². The Morgan fingerprint density at radius 1 is 1.29 bits per heavy atom. The predicted molar refractivity (Wildman–Crippen MR) is 78.8 cm³/mol. The highest BCUT2D eigenvalue weighted by molar-refractivity contribution is 5.02. The van der Waals surface area contributed by atoms with Crippen molar-refractivity contribution in [2.75, 3.05) is 6.61 Å². The van der Waals surface area contributed by atoms with Crippen LogP contribution >= 0.6 is 0 Å². The second kappa shape index (κ2) is 6.75. The Bertz CT molecular complexity index is 372. The standard InChI is InChI=1S/C16H28O5/c1-5-9(4)15-16(21-15)13(18)10-7-20-11(6-8(2)3)14(19)12(10)17/h9-19H,2,5-7H2,1,3-4H3. The molecule has 2 rings (SSSR count). The summed E-state index contributed by atoms with van der Waals surface area (Å²) in [4.78, 5) is 0. The summed E-state index contributed by atoms with van der Waals surface area (Å²) in [5.74, 6) is -0.132. The Morgan fingerprint density at radius 3 is 2.52 bits per heavy atom. The first-order valence-electron chi connectivity index (χ1n) is 7.82. The molecule has 3 N–H and O–H groups in total. The highest BCUT2D eigenvalue weighted by Gasteiger charge is 2.53. The van der Waals surface area contributed by atoms with Gasteiger partial charge in [-0.15, -0.1) is 6.58 Å². The van der Waals surface area contributed by atoms with Gasteiger partial charge in [0, 0.05) is 5.92 Å². The van der Waals surface area contributed by atoms with Crippen molar-refractivity contribution in [3.63, 3.8) is 0 Å². The van der Waals surface area contributed by atoms with Gasteiger partial charge in [-0.05, 0) is 19.3 Å². The van der Waals surface area contributed by atoms with E-state index in [1.165, 1.54) is 0 Å². The van der Waals surface area contributed by atoms with Crippen molar-refractivity contribution in [1.82, 2.24) is 0 Å². The third-order valence-corrected chi connectivity index (χ3v) is 4.76. The molecule has 8 atom stereocenters. The van der Waals surface area contributed by atoms with Gasteiger partial charge in [0.05, 0.1) is 31.0 Å². The fraction of sp³-hybridized carbons (Fsp3) is 0.875. The molecule has 0 radical (unpaired) electrons. The summed E-state index contributed by atoms with van der Waals surface area (Å²) >= 11 is 0. The Kier molecular flexibility index (Phi) is 5.43. The monoisotopic (exact) mass is 300 g/mol. The molecule has 0 aromatic heterocycles. The third kappa shape index (κ3) is 3.66. The smallest absolute Gasteiger partial charge is 0.111 e. The summed E-state index contributed by atoms with van der Waals surface area (Å²) in [5, 5.41) is 30.8. The molecule has 2 aliphatic heterocycles. The molecular formula is C16H28O5. The van der Waals surface area contributed by atoms with E-state index in [2.05, 4.69) is 20.4 Å². The summed E-state index contributed by atoms with van der Waals surface area (Å²) in [6, 6.07) is 0. The molecule has 2 fully saturated rings. The van der Waals surface area contributed by atoms with Gasteiger partial charge >= 0.3 is 0 Å². The first-order valence-corrected chi connectivity index (χ1v) is 7.82. The second-order valence-corrected chi connectivity index (χ2v) is 6.62. The molecule has 0 spiro atoms. The third-order valence-electron chi connectivity index (χ3n) is 4.76. The van der Waals surface area contributed by atoms with E-state index in [1.807, 2.05) is 6.92 Å². The molecular weight excluding hydrogens is 272 g/mol. The zero-order chi connectivity index (χ0) is 15.7. The molecule has 5 nitrogen and oxygen atoms in total. The van der Waals surface area contributed by atoms with Crippen LogP contribution in [-0.2, 0) is 9.47 Å². The fourth-order valence-corrected chi connectivity index (χ4v) is 3.07. The van der Waals surface area contributed by atoms with Crippen LogP contribution < -0.4 is 0 Å². The van der Waals surface area contributed by atoms with Gasteiger partial charge < -0.3 is 24.8 Å². The summed E-state index contributed by atoms with van der Waals surface area (Å²) in [7, 11) is 0. The largest absolute Gasteiger partial charge is 0.390 e. The molecule has 2 aliphatic rings. The average Bonchev–Trinajstić information content (AvgIpc) is 3.22. The van der Waals surface area contributed by atoms with Crippen LogP contribution in [0.1, 0.15) is 33.6 Å². The van der Waals surface area contributed by atoms with Gasteiger partial charge in [0.25, 0.3) is 0 Å². The van der Waals surface area contributed by atoms with Crippen LogP contribution in [0.5, 0.6) is 0 Å². The minimum absolute atomic E-state index is 0.0440. The zero-order valence-electron chi connectivity index (χ0n) is 13.1. The lowest BCUT2D eigenvalue weighted by Gasteiger charge is -2.39. The Labute approximate surface area is 126 Å². The average molecular weight is 300 g/mol. The molecule has 2 heterocycles. The summed E-state index contributed by atoms with van der Waals surface area (Å²) in [6.45, 7) is 10.1. The van der Waals surface area contributed by atoms with Gasteiger partial charge in [-0.25, -0.2) is 0 Å². The van der Waals surface area contributed by atoms with E-state index in [9.17, 15) is 15.3 Å². The predicted octanol–water partition coefficient (Wildman–Crippen LogP) is 0.864. The molecule has 2 saturated heterocycles. The van der Waals surface area contributed by atoms with E-state index in [0.29, 0.717) is 12.3 Å². The maximum Gasteiger partial charge on any atom is 0.111 e. The number of aliphatic hydroxyl groups is 3. The molecule has 8 unspecified atom stereocenters. The first-order chi connectivity index (χ1) is 9.86. The number of hydrogen-bond acceptors (Lipinski definition) is 5. The van der Waals surface area contributed by atoms with E-state index >= 15 is 0 Å². The Hall–Kier alpha value is -0.460. The van der Waals surface area contributed by atoms with Gasteiger partial charge in [-0.3, -0.25) is 0 Å². The molecule has 0 aromatic rings. The van der Waals surface area contributed by atoms with E-state index in [-0.39, 0.29) is 18.8 Å². The van der Waals surface area contributed by atoms with Gasteiger partial charge in [0.15, 0.2) is 0 Å². The highest BCUT2D eigenvalue weighted by Crippen LogP contribution is 2.38. The minimum atomic E-state index is -1.00. The lowest BCUT2D eigenvalue weighted by molar-refractivity contribution is -0.185. The van der Waals surface area contributed by atoms with E-state index < -0.39 is 30.3 Å². The lowest BCUT2D eigenvalue weighted by Crippen LogP contribution is -2.54. The van der Waals surface area contributed by atoms with E-state index in [0.717, 1.165) is 12.0 Å². The minimum Gasteiger partial charge on any atom is -0.390 e. The lowest BCUT2D eigenvalue weighted by atomic mass is 9.84. The number of ether oxygens (including phenoxy) is 2. The topological polar surface area (TPSA) is 82.5 Å². The molecule has 122 valence electrons. The van der Waals surface area contributed by atoms with Crippen molar-refractivity contribution < 1.29 is 24.8 Å². The van der Waals surface area contributed by atoms with Gasteiger partial charge in [-0.2, -0.15) is 0 Å². The summed E-state index contributed by atoms with van der Waals surface area (Å²) in [6.07, 6.45) is -1.98. The number of epoxide rings is 1. The van der Waals surface area contributed by atoms with Crippen LogP contribution in [0.2, 0.25) is 0 Å². The van der Waals surface area contributed by atoms with Crippen LogP contribution in [0.4, 0.5) is 0 Å². The molecule has 0 bridgehead atoms. The van der Waals surface area contributed by atoms with Crippen LogP contribution in [-0.4, -0.2) is 58.6 Å². The summed E-state index contributed by atoms with van der Waals surface area (Å²) in [5.41, 5.74) is 0.896. The van der Waals surface area contributed by atoms with Crippen LogP contribution in [0.25, 0.3) is 0 Å². The SMILES string of the molecule is C=C(C)CC1OCC(C(O)C2OC2C(C)CC)C(O)C1O. The van der Waals surface area contributed by atoms with E-state index in [4.69, 9.17) is 9.47 Å². The maximum atomic E-state index is 10.4. The van der Waals surface area contributed by atoms with Crippen molar-refractivity contribution >= 4 is 0 Å². The van der Waals surface area contributed by atoms with Crippen LogP contribution in [0.15, 0.2) is 12.2 Å². The number of rotatable bonds is 6. The Balaban J connectivity index is 1.92. The molecule has 0 aromatic carbocycles. The molecule has 0 amide bonds. The normalized spacial score (nSPS) is 42.4. The molecule has 5 heteroatoms. The quantitative estimate of drug-likeness (QED) is 0.501. The number of hydrogen-bond donors (Lipinski definition) is 3. The summed E-state index contributed by atoms with van der Waals surface area (Å²) < 4.78 is 11.2.